The van der Waals surface area contributed by atoms with E-state index in [0.29, 0.717) is 0 Å². The average Bonchev–Trinajstić information content (AvgIpc) is 2.95. The topological polar surface area (TPSA) is 101 Å². The maximum absolute atomic E-state index is 13.8. The quantitative estimate of drug-likeness (QED) is 0.494. The summed E-state index contributed by atoms with van der Waals surface area (Å²) >= 11 is 5.29. The van der Waals surface area contributed by atoms with E-state index in [1.54, 1.807) is 23.9 Å². The SMILES string of the molecule is O=C(O)CCC(=O)O.OCCN1CCN(C2Cc3ccc(F)cc3Sc3ccc(Br)cc32)CC1. The number of carboxylic acids is 2. The Morgan fingerprint density at radius 3 is 2.29 bits per heavy atom. The van der Waals surface area contributed by atoms with Gasteiger partial charge in [0.1, 0.15) is 5.82 Å². The van der Waals surface area contributed by atoms with Crippen LogP contribution in [0.5, 0.6) is 0 Å². The minimum absolute atomic E-state index is 0.175. The van der Waals surface area contributed by atoms with E-state index in [9.17, 15) is 14.0 Å². The summed E-state index contributed by atoms with van der Waals surface area (Å²) in [6, 6.07) is 11.9. The number of aliphatic hydroxyl groups is 1. The van der Waals surface area contributed by atoms with Gasteiger partial charge in [-0.3, -0.25) is 19.4 Å². The molecule has 0 spiro atoms. The average molecular weight is 555 g/mol. The van der Waals surface area contributed by atoms with Gasteiger partial charge in [-0.2, -0.15) is 0 Å². The van der Waals surface area contributed by atoms with Crippen molar-refractivity contribution in [1.29, 1.82) is 0 Å². The van der Waals surface area contributed by atoms with Gasteiger partial charge in [-0.25, -0.2) is 4.39 Å². The zero-order chi connectivity index (χ0) is 24.7. The number of nitrogens with zero attached hydrogens (tertiary/aromatic N) is 2. The summed E-state index contributed by atoms with van der Waals surface area (Å²) in [5, 5.41) is 25.0. The zero-order valence-electron chi connectivity index (χ0n) is 18.6. The third kappa shape index (κ3) is 7.51. The van der Waals surface area contributed by atoms with E-state index in [1.807, 2.05) is 6.07 Å². The Bertz CT molecular complexity index is 1000. The predicted octanol–water partition coefficient (Wildman–Crippen LogP) is 3.88. The number of halogens is 2. The fourth-order valence-electron chi connectivity index (χ4n) is 4.08. The van der Waals surface area contributed by atoms with Crippen molar-refractivity contribution >= 4 is 39.6 Å². The standard InChI is InChI=1S/C20H22BrFN2OS.C4H6O4/c21-15-2-4-19-17(12-15)18(24-7-5-23(6-8-24)9-10-25)11-14-1-3-16(22)13-20(14)26-19;5-3(6)1-2-4(7)8/h1-4,12-13,18,25H,5-11H2;1-2H2,(H,5,6)(H,7,8). The summed E-state index contributed by atoms with van der Waals surface area (Å²) in [6.07, 6.45) is 0.302. The molecule has 1 unspecified atom stereocenters. The minimum Gasteiger partial charge on any atom is -0.481 e. The Morgan fingerprint density at radius 2 is 1.68 bits per heavy atom. The number of hydrogen-bond acceptors (Lipinski definition) is 6. The van der Waals surface area contributed by atoms with Crippen LogP contribution in [-0.2, 0) is 16.0 Å². The molecule has 0 radical (unpaired) electrons. The van der Waals surface area contributed by atoms with Crippen molar-refractivity contribution in [3.8, 4) is 0 Å². The van der Waals surface area contributed by atoms with E-state index >= 15 is 0 Å². The Morgan fingerprint density at radius 1 is 1.00 bits per heavy atom. The highest BCUT2D eigenvalue weighted by atomic mass is 79.9. The Hall–Kier alpha value is -1.98. The molecule has 2 aromatic rings. The van der Waals surface area contributed by atoms with E-state index in [2.05, 4.69) is 43.9 Å². The van der Waals surface area contributed by atoms with Crippen LogP contribution < -0.4 is 0 Å². The van der Waals surface area contributed by atoms with Gasteiger partial charge in [-0.05, 0) is 47.9 Å². The van der Waals surface area contributed by atoms with Crippen LogP contribution in [0.25, 0.3) is 0 Å². The molecule has 2 aromatic carbocycles. The Balaban J connectivity index is 0.000000350. The summed E-state index contributed by atoms with van der Waals surface area (Å²) < 4.78 is 14.9. The van der Waals surface area contributed by atoms with Crippen LogP contribution in [0.3, 0.4) is 0 Å². The molecule has 0 aromatic heterocycles. The number of β-amino-alcohol motifs (C(OH)–C–C–N with tert-alkyl or cyclic N) is 1. The highest BCUT2D eigenvalue weighted by Gasteiger charge is 2.30. The van der Waals surface area contributed by atoms with Crippen molar-refractivity contribution in [2.45, 2.75) is 35.1 Å². The molecule has 1 atom stereocenters. The van der Waals surface area contributed by atoms with E-state index in [0.717, 1.165) is 48.5 Å². The maximum atomic E-state index is 13.8. The van der Waals surface area contributed by atoms with Crippen LogP contribution in [0, 0.1) is 5.82 Å². The smallest absolute Gasteiger partial charge is 0.303 e. The lowest BCUT2D eigenvalue weighted by molar-refractivity contribution is -0.143. The van der Waals surface area contributed by atoms with Gasteiger partial charge in [0.15, 0.2) is 0 Å². The van der Waals surface area contributed by atoms with E-state index in [1.165, 1.54) is 16.0 Å². The summed E-state index contributed by atoms with van der Waals surface area (Å²) in [5.41, 5.74) is 2.53. The number of rotatable bonds is 6. The van der Waals surface area contributed by atoms with Crippen LogP contribution in [0.1, 0.15) is 30.0 Å². The molecule has 4 rings (SSSR count). The molecule has 34 heavy (non-hydrogen) atoms. The number of benzene rings is 2. The van der Waals surface area contributed by atoms with Crippen molar-refractivity contribution in [1.82, 2.24) is 9.80 Å². The lowest BCUT2D eigenvalue weighted by Gasteiger charge is -2.39. The lowest BCUT2D eigenvalue weighted by Crippen LogP contribution is -2.48. The second kappa shape index (κ2) is 12.6. The van der Waals surface area contributed by atoms with Gasteiger partial charge in [-0.1, -0.05) is 33.8 Å². The number of carboxylic acid groups (broad SMARTS) is 2. The number of aliphatic carboxylic acids is 2. The molecular weight excluding hydrogens is 527 g/mol. The fourth-order valence-corrected chi connectivity index (χ4v) is 5.60. The molecule has 2 aliphatic rings. The number of hydrogen-bond donors (Lipinski definition) is 3. The first-order chi connectivity index (χ1) is 16.3. The number of aliphatic hydroxyl groups excluding tert-OH is 1. The molecular formula is C24H28BrFN2O5S. The van der Waals surface area contributed by atoms with Gasteiger partial charge < -0.3 is 15.3 Å². The number of fused-ring (bicyclic) bond motifs is 2. The van der Waals surface area contributed by atoms with Crippen molar-refractivity contribution < 1.29 is 29.3 Å². The van der Waals surface area contributed by atoms with Crippen LogP contribution in [0.4, 0.5) is 4.39 Å². The van der Waals surface area contributed by atoms with Crippen LogP contribution >= 0.6 is 27.7 Å². The van der Waals surface area contributed by atoms with Gasteiger partial charge in [0.2, 0.25) is 0 Å². The van der Waals surface area contributed by atoms with E-state index < -0.39 is 11.9 Å². The molecule has 2 aliphatic heterocycles. The van der Waals surface area contributed by atoms with Gasteiger partial charge in [0.25, 0.3) is 0 Å². The molecule has 1 saturated heterocycles. The second-order valence-electron chi connectivity index (χ2n) is 8.14. The maximum Gasteiger partial charge on any atom is 0.303 e. The Labute approximate surface area is 210 Å². The highest BCUT2D eigenvalue weighted by molar-refractivity contribution is 9.10. The summed E-state index contributed by atoms with van der Waals surface area (Å²) in [5.74, 6) is -2.33. The van der Waals surface area contributed by atoms with Crippen molar-refractivity contribution in [3.63, 3.8) is 0 Å². The predicted molar refractivity (Wildman–Crippen MR) is 131 cm³/mol. The first-order valence-corrected chi connectivity index (χ1v) is 12.6. The fraction of sp³-hybridized carbons (Fsp3) is 0.417. The first-order valence-electron chi connectivity index (χ1n) is 11.0. The summed E-state index contributed by atoms with van der Waals surface area (Å²) in [6.45, 7) is 4.89. The molecule has 0 saturated carbocycles. The molecule has 0 amide bonds. The molecule has 0 aliphatic carbocycles. The molecule has 0 bridgehead atoms. The zero-order valence-corrected chi connectivity index (χ0v) is 21.0. The number of piperazine rings is 1. The molecule has 10 heteroatoms. The lowest BCUT2D eigenvalue weighted by atomic mass is 9.96. The summed E-state index contributed by atoms with van der Waals surface area (Å²) in [4.78, 5) is 26.4. The van der Waals surface area contributed by atoms with Gasteiger partial charge in [-0.15, -0.1) is 0 Å². The van der Waals surface area contributed by atoms with Crippen molar-refractivity contribution in [2.24, 2.45) is 0 Å². The van der Waals surface area contributed by atoms with Crippen molar-refractivity contribution in [2.75, 3.05) is 39.3 Å². The monoisotopic (exact) mass is 554 g/mol. The first kappa shape index (κ1) is 26.6. The molecule has 3 N–H and O–H groups in total. The molecule has 184 valence electrons. The second-order valence-corrected chi connectivity index (χ2v) is 10.1. The van der Waals surface area contributed by atoms with Gasteiger partial charge in [0, 0.05) is 53.0 Å². The third-order valence-electron chi connectivity index (χ3n) is 5.81. The van der Waals surface area contributed by atoms with Gasteiger partial charge >= 0.3 is 11.9 Å². The molecule has 7 nitrogen and oxygen atoms in total. The van der Waals surface area contributed by atoms with Crippen LogP contribution in [0.15, 0.2) is 50.7 Å². The van der Waals surface area contributed by atoms with Crippen LogP contribution in [0.2, 0.25) is 0 Å². The van der Waals surface area contributed by atoms with Crippen molar-refractivity contribution in [3.05, 3.63) is 57.8 Å². The minimum atomic E-state index is -1.08. The van der Waals surface area contributed by atoms with E-state index in [-0.39, 0.29) is 31.3 Å². The molecule has 1 fully saturated rings. The molecule has 2 heterocycles. The third-order valence-corrected chi connectivity index (χ3v) is 7.49. The van der Waals surface area contributed by atoms with Gasteiger partial charge in [0.05, 0.1) is 19.4 Å². The summed E-state index contributed by atoms with van der Waals surface area (Å²) in [7, 11) is 0. The number of carbonyl (C=O) groups is 2. The largest absolute Gasteiger partial charge is 0.481 e. The highest BCUT2D eigenvalue weighted by Crippen LogP contribution is 2.44. The van der Waals surface area contributed by atoms with Crippen LogP contribution in [-0.4, -0.2) is 76.4 Å². The normalized spacial score (nSPS) is 18.1. The van der Waals surface area contributed by atoms with E-state index in [4.69, 9.17) is 15.3 Å². The Kier molecular flexibility index (Phi) is 9.90.